The minimum Gasteiger partial charge on any atom is -0.458 e. The van der Waals surface area contributed by atoms with Gasteiger partial charge in [-0.05, 0) is 61.1 Å². The first-order chi connectivity index (χ1) is 22.9. The molecule has 2 aliphatic heterocycles. The van der Waals surface area contributed by atoms with E-state index in [1.54, 1.807) is 19.9 Å². The molecule has 0 saturated carbocycles. The molecule has 0 radical (unpaired) electrons. The van der Waals surface area contributed by atoms with Gasteiger partial charge in [0.25, 0.3) is 17.2 Å². The van der Waals surface area contributed by atoms with E-state index in [0.717, 1.165) is 17.7 Å². The molecular weight excluding hydrogens is 631 g/mol. The van der Waals surface area contributed by atoms with E-state index >= 15 is 4.39 Å². The third kappa shape index (κ3) is 4.76. The molecule has 48 heavy (non-hydrogen) atoms. The number of amides is 1. The van der Waals surface area contributed by atoms with Gasteiger partial charge in [0.15, 0.2) is 12.2 Å². The Morgan fingerprint density at radius 1 is 1.21 bits per heavy atom. The second-order valence-electron chi connectivity index (χ2n) is 11.9. The molecule has 4 heterocycles. The highest BCUT2D eigenvalue weighted by molar-refractivity contribution is 5.94. The number of hydrogen-bond donors (Lipinski definition) is 2. The van der Waals surface area contributed by atoms with Crippen LogP contribution in [0.1, 0.15) is 59.2 Å². The van der Waals surface area contributed by atoms with E-state index in [1.807, 2.05) is 0 Å². The monoisotopic (exact) mass is 658 g/mol. The summed E-state index contributed by atoms with van der Waals surface area (Å²) in [6.45, 7) is 2.33. The number of nitro benzene ring substituents is 1. The summed E-state index contributed by atoms with van der Waals surface area (Å²) in [5.41, 5.74) is 1.04. The number of ether oxygens (including phenoxy) is 3. The number of aryl methyl sites for hydroxylation is 1. The standard InChI is InChI=1S/C33H27FN4O10/c1-3-33(43)21-10-25-29-19(12-37(25)30(40)20(21)13-46-31(33)41)28-23(9-8-18-15(2)22(34)11-24(36-29)27(18)28)35-26(39)14-47-32(42)48-17-6-4-16(5-7-17)38(44)45/h4-7,10-11,23,43H,3,8-9,12-14H2,1-2H3,(H,35,39)/t23-,33-/m0/s1. The topological polar surface area (TPSA) is 189 Å². The number of hydrogen-bond acceptors (Lipinski definition) is 11. The molecule has 15 heteroatoms. The SMILES string of the molecule is CC[C@@]1(O)C(=O)OCc2c1cc1n(c2=O)Cc2c-1nc1cc(F)c(C)c3c1c2[C@@H](NC(=O)COC(=O)Oc1ccc([N+](=O)[O-])cc1)CC3. The summed E-state index contributed by atoms with van der Waals surface area (Å²) in [6.07, 6.45) is -0.455. The maximum atomic E-state index is 15.1. The van der Waals surface area contributed by atoms with Crippen LogP contribution in [-0.4, -0.2) is 44.2 Å². The van der Waals surface area contributed by atoms with Crippen LogP contribution in [0.25, 0.3) is 22.3 Å². The van der Waals surface area contributed by atoms with Gasteiger partial charge in [0.2, 0.25) is 0 Å². The van der Waals surface area contributed by atoms with Crippen molar-refractivity contribution in [3.8, 4) is 17.1 Å². The zero-order valence-electron chi connectivity index (χ0n) is 25.6. The first-order valence-corrected chi connectivity index (χ1v) is 15.1. The van der Waals surface area contributed by atoms with Crippen LogP contribution in [0.3, 0.4) is 0 Å². The zero-order chi connectivity index (χ0) is 34.1. The summed E-state index contributed by atoms with van der Waals surface area (Å²) in [4.78, 5) is 66.7. The number of halogens is 1. The van der Waals surface area contributed by atoms with Crippen molar-refractivity contribution in [1.82, 2.24) is 14.9 Å². The number of pyridine rings is 2. The van der Waals surface area contributed by atoms with E-state index in [2.05, 4.69) is 5.32 Å². The zero-order valence-corrected chi connectivity index (χ0v) is 25.6. The van der Waals surface area contributed by atoms with Crippen LogP contribution in [0.4, 0.5) is 14.9 Å². The third-order valence-corrected chi connectivity index (χ3v) is 9.28. The molecule has 14 nitrogen and oxygen atoms in total. The largest absolute Gasteiger partial charge is 0.514 e. The minimum absolute atomic E-state index is 0.0166. The molecule has 0 unspecified atom stereocenters. The van der Waals surface area contributed by atoms with Crippen molar-refractivity contribution in [2.75, 3.05) is 6.61 Å². The van der Waals surface area contributed by atoms with Gasteiger partial charge in [-0.25, -0.2) is 19.0 Å². The quantitative estimate of drug-likeness (QED) is 0.117. The molecule has 1 amide bonds. The molecule has 2 N–H and O–H groups in total. The molecule has 7 rings (SSSR count). The number of esters is 1. The van der Waals surface area contributed by atoms with Gasteiger partial charge in [-0.15, -0.1) is 0 Å². The van der Waals surface area contributed by atoms with E-state index in [9.17, 15) is 34.4 Å². The highest BCUT2D eigenvalue weighted by Gasteiger charge is 2.46. The van der Waals surface area contributed by atoms with Gasteiger partial charge in [-0.2, -0.15) is 0 Å². The van der Waals surface area contributed by atoms with Crippen LogP contribution < -0.4 is 15.6 Å². The first kappa shape index (κ1) is 30.9. The van der Waals surface area contributed by atoms with Crippen molar-refractivity contribution in [3.05, 3.63) is 96.1 Å². The van der Waals surface area contributed by atoms with Crippen molar-refractivity contribution in [2.24, 2.45) is 0 Å². The van der Waals surface area contributed by atoms with E-state index in [0.29, 0.717) is 51.8 Å². The molecule has 1 aliphatic carbocycles. The van der Waals surface area contributed by atoms with Crippen molar-refractivity contribution in [1.29, 1.82) is 0 Å². The molecule has 2 aromatic heterocycles. The highest BCUT2D eigenvalue weighted by atomic mass is 19.1. The fraction of sp³-hybridized carbons (Fsp3) is 0.303. The van der Waals surface area contributed by atoms with Crippen LogP contribution in [-0.2, 0) is 44.2 Å². The smallest absolute Gasteiger partial charge is 0.458 e. The average molecular weight is 659 g/mol. The lowest BCUT2D eigenvalue weighted by Gasteiger charge is -2.31. The summed E-state index contributed by atoms with van der Waals surface area (Å²) < 4.78 is 31.7. The number of cyclic esters (lactones) is 1. The summed E-state index contributed by atoms with van der Waals surface area (Å²) >= 11 is 0. The number of carbonyl (C=O) groups is 3. The Kier molecular flexibility index (Phi) is 7.23. The normalized spacial score (nSPS) is 18.8. The number of carbonyl (C=O) groups excluding carboxylic acids is 3. The Morgan fingerprint density at radius 3 is 2.67 bits per heavy atom. The molecule has 0 fully saturated rings. The molecular formula is C33H27FN4O10. The van der Waals surface area contributed by atoms with Gasteiger partial charge in [0.05, 0.1) is 40.0 Å². The molecule has 0 spiro atoms. The Bertz CT molecular complexity index is 2160. The fourth-order valence-corrected chi connectivity index (χ4v) is 6.82. The van der Waals surface area contributed by atoms with Crippen molar-refractivity contribution in [2.45, 2.75) is 57.9 Å². The number of aliphatic hydroxyl groups is 1. The Hall–Kier alpha value is -5.70. The van der Waals surface area contributed by atoms with Crippen LogP contribution in [0, 0.1) is 22.9 Å². The van der Waals surface area contributed by atoms with Gasteiger partial charge >= 0.3 is 12.1 Å². The Balaban J connectivity index is 1.22. The molecule has 0 saturated heterocycles. The van der Waals surface area contributed by atoms with Crippen LogP contribution in [0.2, 0.25) is 0 Å². The summed E-state index contributed by atoms with van der Waals surface area (Å²) in [7, 11) is 0. The summed E-state index contributed by atoms with van der Waals surface area (Å²) in [6, 6.07) is 6.95. The molecule has 2 atom stereocenters. The lowest BCUT2D eigenvalue weighted by Crippen LogP contribution is -2.44. The number of non-ortho nitro benzene ring substituents is 1. The third-order valence-electron chi connectivity index (χ3n) is 9.28. The lowest BCUT2D eigenvalue weighted by atomic mass is 9.81. The van der Waals surface area contributed by atoms with Gasteiger partial charge in [0.1, 0.15) is 18.2 Å². The van der Waals surface area contributed by atoms with Gasteiger partial charge in [0, 0.05) is 34.7 Å². The second-order valence-corrected chi connectivity index (χ2v) is 11.9. The summed E-state index contributed by atoms with van der Waals surface area (Å²) in [5, 5.41) is 25.6. The maximum absolute atomic E-state index is 15.1. The van der Waals surface area contributed by atoms with Crippen molar-refractivity contribution < 1.29 is 43.0 Å². The second kappa shape index (κ2) is 11.2. The number of fused-ring (bicyclic) bond motifs is 5. The van der Waals surface area contributed by atoms with E-state index < -0.39 is 52.6 Å². The van der Waals surface area contributed by atoms with Gasteiger partial charge in [-0.3, -0.25) is 19.7 Å². The Morgan fingerprint density at radius 2 is 1.96 bits per heavy atom. The van der Waals surface area contributed by atoms with E-state index in [1.165, 1.54) is 22.8 Å². The lowest BCUT2D eigenvalue weighted by molar-refractivity contribution is -0.384. The number of nitro groups is 1. The highest BCUT2D eigenvalue weighted by Crippen LogP contribution is 2.46. The molecule has 246 valence electrons. The predicted octanol–water partition coefficient (Wildman–Crippen LogP) is 3.75. The van der Waals surface area contributed by atoms with Gasteiger partial charge in [-0.1, -0.05) is 6.92 Å². The average Bonchev–Trinajstić information content (AvgIpc) is 3.44. The fourth-order valence-electron chi connectivity index (χ4n) is 6.82. The van der Waals surface area contributed by atoms with Crippen LogP contribution in [0.5, 0.6) is 5.75 Å². The number of nitrogens with zero attached hydrogens (tertiary/aromatic N) is 3. The van der Waals surface area contributed by atoms with Crippen molar-refractivity contribution >= 4 is 34.6 Å². The predicted molar refractivity (Wildman–Crippen MR) is 163 cm³/mol. The van der Waals surface area contributed by atoms with Crippen LogP contribution in [0.15, 0.2) is 41.2 Å². The first-order valence-electron chi connectivity index (χ1n) is 15.1. The van der Waals surface area contributed by atoms with Gasteiger partial charge < -0.3 is 29.2 Å². The number of nitrogens with one attached hydrogen (secondary N) is 1. The van der Waals surface area contributed by atoms with Crippen LogP contribution >= 0.6 is 0 Å². The number of aromatic nitrogens is 2. The van der Waals surface area contributed by atoms with E-state index in [4.69, 9.17) is 19.2 Å². The molecule has 2 aromatic carbocycles. The van der Waals surface area contributed by atoms with Crippen molar-refractivity contribution in [3.63, 3.8) is 0 Å². The molecule has 3 aliphatic rings. The minimum atomic E-state index is -2.03. The number of benzene rings is 2. The maximum Gasteiger partial charge on any atom is 0.514 e. The van der Waals surface area contributed by atoms with E-state index in [-0.39, 0.29) is 42.1 Å². The Labute approximate surface area is 270 Å². The molecule has 0 bridgehead atoms. The number of rotatable bonds is 6. The molecule has 4 aromatic rings. The summed E-state index contributed by atoms with van der Waals surface area (Å²) in [5.74, 6) is -1.99.